The Morgan fingerprint density at radius 2 is 2.11 bits per heavy atom. The highest BCUT2D eigenvalue weighted by Crippen LogP contribution is 2.24. The Labute approximate surface area is 125 Å². The van der Waals surface area contributed by atoms with Crippen LogP contribution in [0.4, 0.5) is 5.69 Å². The fourth-order valence-electron chi connectivity index (χ4n) is 1.87. The summed E-state index contributed by atoms with van der Waals surface area (Å²) in [5, 5.41) is 1.92. The molecule has 0 saturated carbocycles. The van der Waals surface area contributed by atoms with Crippen molar-refractivity contribution in [2.45, 2.75) is 13.8 Å². The molecule has 0 atom stereocenters. The molecule has 18 heavy (non-hydrogen) atoms. The van der Waals surface area contributed by atoms with Gasteiger partial charge >= 0.3 is 0 Å². The van der Waals surface area contributed by atoms with Crippen LogP contribution in [0.2, 0.25) is 0 Å². The first-order chi connectivity index (χ1) is 8.63. The normalized spacial score (nSPS) is 10.4. The predicted molar refractivity (Wildman–Crippen MR) is 85.6 cm³/mol. The minimum Gasteiger partial charge on any atom is -0.308 e. The molecule has 94 valence electrons. The Morgan fingerprint density at radius 3 is 2.67 bits per heavy atom. The summed E-state index contributed by atoms with van der Waals surface area (Å²) in [7, 11) is 0. The van der Waals surface area contributed by atoms with E-state index in [9.17, 15) is 4.79 Å². The van der Waals surface area contributed by atoms with Gasteiger partial charge in [0, 0.05) is 17.6 Å². The molecule has 1 amide bonds. The van der Waals surface area contributed by atoms with E-state index in [0.717, 1.165) is 19.7 Å². The van der Waals surface area contributed by atoms with E-state index in [1.807, 2.05) is 54.5 Å². The van der Waals surface area contributed by atoms with E-state index in [1.54, 1.807) is 11.3 Å². The number of thiophene rings is 1. The largest absolute Gasteiger partial charge is 0.308 e. The number of carbonyl (C=O) groups excluding carboxylic acids is 1. The highest BCUT2D eigenvalue weighted by Gasteiger charge is 2.18. The molecule has 2 rings (SSSR count). The number of anilines is 1. The zero-order valence-corrected chi connectivity index (χ0v) is 13.3. The third kappa shape index (κ3) is 2.75. The van der Waals surface area contributed by atoms with Crippen molar-refractivity contribution in [2.75, 3.05) is 11.4 Å². The number of benzene rings is 1. The molecule has 0 saturated heterocycles. The number of amides is 1. The number of halogens is 1. The maximum atomic E-state index is 12.5. The second-order valence-electron chi connectivity index (χ2n) is 3.98. The molecule has 0 spiro atoms. The van der Waals surface area contributed by atoms with Crippen LogP contribution < -0.4 is 4.90 Å². The lowest BCUT2D eigenvalue weighted by molar-refractivity contribution is 0.0988. The molecule has 0 radical (unpaired) electrons. The quantitative estimate of drug-likeness (QED) is 0.736. The second-order valence-corrected chi connectivity index (χ2v) is 6.78. The summed E-state index contributed by atoms with van der Waals surface area (Å²) in [6.07, 6.45) is 0. The Balaban J connectivity index is 2.35. The van der Waals surface area contributed by atoms with Gasteiger partial charge in [-0.15, -0.1) is 11.3 Å². The Hall–Kier alpha value is -0.880. The topological polar surface area (TPSA) is 20.3 Å². The van der Waals surface area contributed by atoms with Crippen LogP contribution in [0.1, 0.15) is 22.8 Å². The van der Waals surface area contributed by atoms with Crippen molar-refractivity contribution < 1.29 is 4.79 Å². The van der Waals surface area contributed by atoms with Crippen LogP contribution in [0.3, 0.4) is 0 Å². The SMILES string of the molecule is CCN(C(=O)c1csc(I)c1)c1ccccc1C. The van der Waals surface area contributed by atoms with Gasteiger partial charge in [-0.1, -0.05) is 18.2 Å². The number of carbonyl (C=O) groups is 1. The molecule has 0 fully saturated rings. The van der Waals surface area contributed by atoms with E-state index in [2.05, 4.69) is 22.6 Å². The van der Waals surface area contributed by atoms with E-state index in [1.165, 1.54) is 0 Å². The minimum absolute atomic E-state index is 0.0750. The van der Waals surface area contributed by atoms with Crippen molar-refractivity contribution in [3.05, 3.63) is 49.7 Å². The first kappa shape index (κ1) is 13.5. The molecule has 1 aromatic heterocycles. The lowest BCUT2D eigenvalue weighted by atomic mass is 10.1. The summed E-state index contributed by atoms with van der Waals surface area (Å²) < 4.78 is 1.14. The van der Waals surface area contributed by atoms with Crippen LogP contribution in [0.5, 0.6) is 0 Å². The molecule has 4 heteroatoms. The van der Waals surface area contributed by atoms with Gasteiger partial charge in [0.2, 0.25) is 0 Å². The van der Waals surface area contributed by atoms with E-state index in [4.69, 9.17) is 0 Å². The maximum absolute atomic E-state index is 12.5. The molecule has 0 aliphatic rings. The van der Waals surface area contributed by atoms with Crippen LogP contribution in [0.15, 0.2) is 35.7 Å². The summed E-state index contributed by atoms with van der Waals surface area (Å²) in [6.45, 7) is 4.71. The molecule has 1 heterocycles. The lowest BCUT2D eigenvalue weighted by Gasteiger charge is -2.22. The van der Waals surface area contributed by atoms with Gasteiger partial charge in [0.25, 0.3) is 5.91 Å². The van der Waals surface area contributed by atoms with Crippen LogP contribution in [0.25, 0.3) is 0 Å². The fraction of sp³-hybridized carbons (Fsp3) is 0.214. The van der Waals surface area contributed by atoms with Crippen LogP contribution in [0, 0.1) is 9.81 Å². The Kier molecular flexibility index (Phi) is 4.40. The number of nitrogens with zero attached hydrogens (tertiary/aromatic N) is 1. The van der Waals surface area contributed by atoms with Crippen LogP contribution in [-0.4, -0.2) is 12.5 Å². The maximum Gasteiger partial charge on any atom is 0.259 e. The molecule has 0 N–H and O–H groups in total. The molecule has 2 nitrogen and oxygen atoms in total. The third-order valence-electron chi connectivity index (χ3n) is 2.78. The van der Waals surface area contributed by atoms with Crippen LogP contribution >= 0.6 is 33.9 Å². The summed E-state index contributed by atoms with van der Waals surface area (Å²) in [4.78, 5) is 14.3. The van der Waals surface area contributed by atoms with Gasteiger partial charge in [-0.05, 0) is 54.1 Å². The standard InChI is InChI=1S/C14H14INOS/c1-3-16(12-7-5-4-6-10(12)2)14(17)11-8-13(15)18-9-11/h4-9H,3H2,1-2H3. The average molecular weight is 371 g/mol. The number of hydrogen-bond acceptors (Lipinski definition) is 2. The van der Waals surface area contributed by atoms with Crippen molar-refractivity contribution in [1.82, 2.24) is 0 Å². The molecule has 0 aliphatic heterocycles. The van der Waals surface area contributed by atoms with E-state index >= 15 is 0 Å². The number of rotatable bonds is 3. The number of hydrogen-bond donors (Lipinski definition) is 0. The van der Waals surface area contributed by atoms with Gasteiger partial charge in [-0.2, -0.15) is 0 Å². The van der Waals surface area contributed by atoms with Crippen molar-refractivity contribution in [3.63, 3.8) is 0 Å². The first-order valence-electron chi connectivity index (χ1n) is 5.75. The summed E-state index contributed by atoms with van der Waals surface area (Å²) >= 11 is 3.84. The highest BCUT2D eigenvalue weighted by molar-refractivity contribution is 14.1. The van der Waals surface area contributed by atoms with E-state index in [-0.39, 0.29) is 5.91 Å². The fourth-order valence-corrected chi connectivity index (χ4v) is 3.19. The van der Waals surface area contributed by atoms with Crippen LogP contribution in [-0.2, 0) is 0 Å². The lowest BCUT2D eigenvalue weighted by Crippen LogP contribution is -2.30. The van der Waals surface area contributed by atoms with Crippen molar-refractivity contribution >= 4 is 45.5 Å². The zero-order chi connectivity index (χ0) is 13.1. The summed E-state index contributed by atoms with van der Waals surface area (Å²) in [5.74, 6) is 0.0750. The van der Waals surface area contributed by atoms with Crippen molar-refractivity contribution in [1.29, 1.82) is 0 Å². The molecule has 2 aromatic rings. The second kappa shape index (κ2) is 5.84. The van der Waals surface area contributed by atoms with Crippen molar-refractivity contribution in [2.24, 2.45) is 0 Å². The summed E-state index contributed by atoms with van der Waals surface area (Å²) in [5.41, 5.74) is 2.89. The third-order valence-corrected chi connectivity index (χ3v) is 4.57. The van der Waals surface area contributed by atoms with E-state index in [0.29, 0.717) is 6.54 Å². The van der Waals surface area contributed by atoms with Gasteiger partial charge in [0.15, 0.2) is 0 Å². The minimum atomic E-state index is 0.0750. The Morgan fingerprint density at radius 1 is 1.39 bits per heavy atom. The molecular weight excluding hydrogens is 357 g/mol. The molecule has 1 aromatic carbocycles. The monoisotopic (exact) mass is 371 g/mol. The predicted octanol–water partition coefficient (Wildman–Crippen LogP) is 4.33. The summed E-state index contributed by atoms with van der Waals surface area (Å²) in [6, 6.07) is 9.92. The molecular formula is C14H14INOS. The molecule has 0 bridgehead atoms. The first-order valence-corrected chi connectivity index (χ1v) is 7.71. The van der Waals surface area contributed by atoms with Gasteiger partial charge in [0.1, 0.15) is 0 Å². The highest BCUT2D eigenvalue weighted by atomic mass is 127. The Bertz CT molecular complexity index is 564. The van der Waals surface area contributed by atoms with Gasteiger partial charge in [-0.25, -0.2) is 0 Å². The average Bonchev–Trinajstić information content (AvgIpc) is 2.79. The van der Waals surface area contributed by atoms with Gasteiger partial charge in [-0.3, -0.25) is 4.79 Å². The number of para-hydroxylation sites is 1. The van der Waals surface area contributed by atoms with E-state index < -0.39 is 0 Å². The molecule has 0 aliphatic carbocycles. The smallest absolute Gasteiger partial charge is 0.259 e. The molecule has 0 unspecified atom stereocenters. The zero-order valence-electron chi connectivity index (χ0n) is 10.3. The van der Waals surface area contributed by atoms with Gasteiger partial charge in [0.05, 0.1) is 8.45 Å². The number of aryl methyl sites for hydroxylation is 1. The van der Waals surface area contributed by atoms with Crippen molar-refractivity contribution in [3.8, 4) is 0 Å². The van der Waals surface area contributed by atoms with Gasteiger partial charge < -0.3 is 4.90 Å².